The Kier molecular flexibility index (Phi) is 14.4. The van der Waals surface area contributed by atoms with Crippen molar-refractivity contribution < 1.29 is 4.79 Å². The number of amides is 1. The molecule has 0 aliphatic carbocycles. The third kappa shape index (κ3) is 15.2. The van der Waals surface area contributed by atoms with Gasteiger partial charge in [0.15, 0.2) is 0 Å². The predicted molar refractivity (Wildman–Crippen MR) is 75.9 cm³/mol. The largest absolute Gasteiger partial charge is 0.366 e. The van der Waals surface area contributed by atoms with Crippen LogP contribution < -0.4 is 5.73 Å². The van der Waals surface area contributed by atoms with E-state index in [2.05, 4.69) is 32.3 Å². The molecule has 0 aromatic rings. The minimum atomic E-state index is -0.435. The van der Waals surface area contributed by atoms with E-state index in [4.69, 9.17) is 5.73 Å². The van der Waals surface area contributed by atoms with Crippen LogP contribution in [0.3, 0.4) is 0 Å². The lowest BCUT2D eigenvalue weighted by Gasteiger charge is -2.19. The van der Waals surface area contributed by atoms with E-state index < -0.39 is 5.91 Å². The lowest BCUT2D eigenvalue weighted by Crippen LogP contribution is -2.25. The highest BCUT2D eigenvalue weighted by Gasteiger charge is 1.98. The van der Waals surface area contributed by atoms with Crippen LogP contribution in [0.1, 0.15) is 53.4 Å². The van der Waals surface area contributed by atoms with Crippen LogP contribution >= 0.6 is 0 Å². The molecule has 0 saturated heterocycles. The maximum Gasteiger partial charge on any atom is 0.243 e. The fourth-order valence-electron chi connectivity index (χ4n) is 1.19. The molecule has 3 nitrogen and oxygen atoms in total. The minimum Gasteiger partial charge on any atom is -0.366 e. The minimum absolute atomic E-state index is 0.398. The molecule has 0 aromatic heterocycles. The highest BCUT2D eigenvalue weighted by Crippen LogP contribution is 1.97. The maximum absolute atomic E-state index is 9.82. The highest BCUT2D eigenvalue weighted by atomic mass is 16.1. The van der Waals surface area contributed by atoms with Gasteiger partial charge in [-0.15, -0.1) is 0 Å². The molecule has 0 heterocycles. The normalized spacial score (nSPS) is 9.71. The average Bonchev–Trinajstić information content (AvgIpc) is 2.30. The second kappa shape index (κ2) is 13.2. The summed E-state index contributed by atoms with van der Waals surface area (Å²) in [5.74, 6) is -0.435. The number of carbonyl (C=O) groups is 1. The quantitative estimate of drug-likeness (QED) is 0.665. The molecule has 0 radical (unpaired) electrons. The molecule has 0 aliphatic rings. The van der Waals surface area contributed by atoms with Gasteiger partial charge in [-0.1, -0.05) is 40.2 Å². The topological polar surface area (TPSA) is 46.3 Å². The van der Waals surface area contributed by atoms with E-state index in [1.165, 1.54) is 45.3 Å². The lowest BCUT2D eigenvalue weighted by molar-refractivity contribution is -0.114. The van der Waals surface area contributed by atoms with Gasteiger partial charge in [0.1, 0.15) is 0 Å². The Morgan fingerprint density at radius 2 is 1.47 bits per heavy atom. The zero-order chi connectivity index (χ0) is 13.7. The number of nitrogens with two attached hydrogens (primary N) is 1. The van der Waals surface area contributed by atoms with Crippen molar-refractivity contribution in [3.8, 4) is 0 Å². The lowest BCUT2D eigenvalue weighted by atomic mass is 10.2. The van der Waals surface area contributed by atoms with Crippen molar-refractivity contribution >= 4 is 5.91 Å². The van der Waals surface area contributed by atoms with Gasteiger partial charge in [-0.2, -0.15) is 0 Å². The Morgan fingerprint density at radius 3 is 1.65 bits per heavy atom. The molecule has 0 rings (SSSR count). The highest BCUT2D eigenvalue weighted by molar-refractivity contribution is 5.90. The third-order valence-corrected chi connectivity index (χ3v) is 2.52. The zero-order valence-corrected chi connectivity index (χ0v) is 12.1. The molecule has 102 valence electrons. The number of carbonyl (C=O) groups excluding carboxylic acids is 1. The third-order valence-electron chi connectivity index (χ3n) is 2.52. The van der Waals surface area contributed by atoms with Crippen LogP contribution in [-0.2, 0) is 4.79 Å². The molecular formula is C14H30N2O. The Hall–Kier alpha value is -0.830. The van der Waals surface area contributed by atoms with Crippen LogP contribution in [0.15, 0.2) is 12.2 Å². The van der Waals surface area contributed by atoms with Gasteiger partial charge in [-0.05, 0) is 39.4 Å². The fourth-order valence-corrected chi connectivity index (χ4v) is 1.19. The van der Waals surface area contributed by atoms with Gasteiger partial charge in [0.25, 0.3) is 0 Å². The molecule has 1 amide bonds. The van der Waals surface area contributed by atoms with Gasteiger partial charge in [-0.3, -0.25) is 4.79 Å². The summed E-state index contributed by atoms with van der Waals surface area (Å²) in [4.78, 5) is 12.4. The summed E-state index contributed by atoms with van der Waals surface area (Å²) in [7, 11) is 0. The average molecular weight is 242 g/mol. The summed E-state index contributed by atoms with van der Waals surface area (Å²) in [6.45, 7) is 15.4. The first-order chi connectivity index (χ1) is 7.99. The van der Waals surface area contributed by atoms with Crippen molar-refractivity contribution in [2.45, 2.75) is 53.4 Å². The van der Waals surface area contributed by atoms with E-state index in [0.717, 1.165) is 0 Å². The monoisotopic (exact) mass is 242 g/mol. The molecule has 2 N–H and O–H groups in total. The Bertz CT molecular complexity index is 182. The van der Waals surface area contributed by atoms with Gasteiger partial charge in [-0.25, -0.2) is 0 Å². The molecule has 0 atom stereocenters. The number of nitrogens with zero attached hydrogens (tertiary/aromatic N) is 1. The summed E-state index contributed by atoms with van der Waals surface area (Å²) in [6, 6.07) is 0. The van der Waals surface area contributed by atoms with Crippen molar-refractivity contribution in [1.82, 2.24) is 4.90 Å². The van der Waals surface area contributed by atoms with Crippen LogP contribution in [0.5, 0.6) is 0 Å². The SMILES string of the molecule is C=C(C)C(N)=O.CCCCN(CC)CCCC. The zero-order valence-electron chi connectivity index (χ0n) is 12.1. The molecule has 17 heavy (non-hydrogen) atoms. The molecular weight excluding hydrogens is 212 g/mol. The Balaban J connectivity index is 0. The van der Waals surface area contributed by atoms with E-state index in [9.17, 15) is 4.79 Å². The van der Waals surface area contributed by atoms with Crippen molar-refractivity contribution in [2.24, 2.45) is 5.73 Å². The van der Waals surface area contributed by atoms with Gasteiger partial charge >= 0.3 is 0 Å². The van der Waals surface area contributed by atoms with Gasteiger partial charge in [0.2, 0.25) is 5.91 Å². The van der Waals surface area contributed by atoms with E-state index in [1.807, 2.05) is 0 Å². The van der Waals surface area contributed by atoms with Gasteiger partial charge < -0.3 is 10.6 Å². The van der Waals surface area contributed by atoms with Crippen molar-refractivity contribution in [3.63, 3.8) is 0 Å². The summed E-state index contributed by atoms with van der Waals surface area (Å²) in [5.41, 5.74) is 5.09. The van der Waals surface area contributed by atoms with E-state index in [1.54, 1.807) is 6.92 Å². The summed E-state index contributed by atoms with van der Waals surface area (Å²) >= 11 is 0. The Labute approximate surface area is 107 Å². The molecule has 0 saturated carbocycles. The van der Waals surface area contributed by atoms with E-state index in [0.29, 0.717) is 5.57 Å². The molecule has 0 bridgehead atoms. The summed E-state index contributed by atoms with van der Waals surface area (Å²) < 4.78 is 0. The van der Waals surface area contributed by atoms with Crippen LogP contribution in [0, 0.1) is 0 Å². The fraction of sp³-hybridized carbons (Fsp3) is 0.786. The number of rotatable bonds is 8. The van der Waals surface area contributed by atoms with Crippen LogP contribution in [0.4, 0.5) is 0 Å². The van der Waals surface area contributed by atoms with Crippen LogP contribution in [-0.4, -0.2) is 30.4 Å². The Morgan fingerprint density at radius 1 is 1.12 bits per heavy atom. The van der Waals surface area contributed by atoms with Crippen molar-refractivity contribution in [1.29, 1.82) is 0 Å². The number of unbranched alkanes of at least 4 members (excludes halogenated alkanes) is 2. The molecule has 3 heteroatoms. The van der Waals surface area contributed by atoms with E-state index in [-0.39, 0.29) is 0 Å². The molecule has 0 unspecified atom stereocenters. The first-order valence-electron chi connectivity index (χ1n) is 6.67. The number of hydrogen-bond donors (Lipinski definition) is 1. The second-order valence-electron chi connectivity index (χ2n) is 4.29. The second-order valence-corrected chi connectivity index (χ2v) is 4.29. The predicted octanol–water partition coefficient (Wildman–Crippen LogP) is 2.96. The summed E-state index contributed by atoms with van der Waals surface area (Å²) in [5, 5.41) is 0. The van der Waals surface area contributed by atoms with Gasteiger partial charge in [0, 0.05) is 5.57 Å². The van der Waals surface area contributed by atoms with E-state index >= 15 is 0 Å². The molecule has 0 aliphatic heterocycles. The first kappa shape index (κ1) is 18.5. The van der Waals surface area contributed by atoms with Crippen molar-refractivity contribution in [3.05, 3.63) is 12.2 Å². The van der Waals surface area contributed by atoms with Crippen LogP contribution in [0.25, 0.3) is 0 Å². The smallest absolute Gasteiger partial charge is 0.243 e. The standard InChI is InChI=1S/C10H23N.C4H7NO/c1-4-7-9-11(6-3)10-8-5-2;1-3(2)4(5)6/h4-10H2,1-3H3;1H2,2H3,(H2,5,6). The number of primary amides is 1. The van der Waals surface area contributed by atoms with Gasteiger partial charge in [0.05, 0.1) is 0 Å². The first-order valence-corrected chi connectivity index (χ1v) is 6.67. The molecule has 0 aromatic carbocycles. The molecule has 0 spiro atoms. The molecule has 0 fully saturated rings. The van der Waals surface area contributed by atoms with Crippen molar-refractivity contribution in [2.75, 3.05) is 19.6 Å². The maximum atomic E-state index is 9.82. The number of hydrogen-bond acceptors (Lipinski definition) is 2. The van der Waals surface area contributed by atoms with Crippen LogP contribution in [0.2, 0.25) is 0 Å². The summed E-state index contributed by atoms with van der Waals surface area (Å²) in [6.07, 6.45) is 5.36.